The summed E-state index contributed by atoms with van der Waals surface area (Å²) in [5.41, 5.74) is 1.16. The van der Waals surface area contributed by atoms with Crippen molar-refractivity contribution >= 4 is 23.7 Å². The van der Waals surface area contributed by atoms with Gasteiger partial charge in [-0.15, -0.1) is 0 Å². The second-order valence-electron chi connectivity index (χ2n) is 8.50. The molecule has 13 nitrogen and oxygen atoms in total. The van der Waals surface area contributed by atoms with E-state index >= 15 is 0 Å². The molecule has 0 saturated carbocycles. The summed E-state index contributed by atoms with van der Waals surface area (Å²) in [6, 6.07) is 1.86. The lowest BCUT2D eigenvalue weighted by Gasteiger charge is -2.25. The third-order valence-corrected chi connectivity index (χ3v) is 5.79. The van der Waals surface area contributed by atoms with Crippen molar-refractivity contribution in [1.82, 2.24) is 31.2 Å². The number of benzene rings is 1. The highest BCUT2D eigenvalue weighted by Gasteiger charge is 2.32. The lowest BCUT2D eigenvalue weighted by Crippen LogP contribution is -2.58. The van der Waals surface area contributed by atoms with Crippen LogP contribution in [-0.4, -0.2) is 86.3 Å². The van der Waals surface area contributed by atoms with Crippen LogP contribution in [0.15, 0.2) is 36.8 Å². The van der Waals surface area contributed by atoms with Crippen LogP contribution in [0.3, 0.4) is 0 Å². The number of aromatic nitrogens is 2. The molecule has 2 aromatic rings. The van der Waals surface area contributed by atoms with Gasteiger partial charge in [-0.05, 0) is 37.1 Å². The average Bonchev–Trinajstić information content (AvgIpc) is 3.57. The monoisotopic (exact) mass is 502 g/mol. The van der Waals surface area contributed by atoms with Crippen LogP contribution < -0.4 is 21.3 Å². The number of aromatic amines is 1. The Morgan fingerprint density at radius 1 is 1.00 bits per heavy atom. The molecule has 3 rings (SSSR count). The van der Waals surface area contributed by atoms with Crippen LogP contribution in [0.4, 0.5) is 0 Å². The minimum Gasteiger partial charge on any atom is -0.508 e. The normalized spacial score (nSPS) is 17.5. The minimum absolute atomic E-state index is 0.0423. The van der Waals surface area contributed by atoms with E-state index in [1.165, 1.54) is 24.7 Å². The lowest BCUT2D eigenvalue weighted by atomic mass is 10.0. The Bertz CT molecular complexity index is 1040. The van der Waals surface area contributed by atoms with Gasteiger partial charge in [-0.2, -0.15) is 0 Å². The number of nitrogens with zero attached hydrogens (tertiary/aromatic N) is 1. The highest BCUT2D eigenvalue weighted by Crippen LogP contribution is 2.13. The Hall–Kier alpha value is -3.97. The fourth-order valence-electron chi connectivity index (χ4n) is 3.81. The topological polar surface area (TPSA) is 206 Å². The van der Waals surface area contributed by atoms with Crippen molar-refractivity contribution in [3.05, 3.63) is 48.0 Å². The third-order valence-electron chi connectivity index (χ3n) is 5.79. The fourth-order valence-corrected chi connectivity index (χ4v) is 3.81. The van der Waals surface area contributed by atoms with E-state index in [9.17, 15) is 29.4 Å². The molecule has 8 N–H and O–H groups in total. The second kappa shape index (κ2) is 12.7. The molecule has 1 aromatic carbocycles. The number of carbonyl (C=O) groups is 4. The number of H-pyrrole nitrogens is 1. The van der Waals surface area contributed by atoms with E-state index in [0.29, 0.717) is 24.2 Å². The number of phenolic OH excluding ortho intramolecular Hbond substituents is 1. The van der Waals surface area contributed by atoms with E-state index in [2.05, 4.69) is 31.2 Å². The Balaban J connectivity index is 1.79. The van der Waals surface area contributed by atoms with Crippen molar-refractivity contribution < 1.29 is 34.5 Å². The van der Waals surface area contributed by atoms with E-state index in [4.69, 9.17) is 5.11 Å². The molecule has 4 atom stereocenters. The molecule has 13 heteroatoms. The van der Waals surface area contributed by atoms with Crippen molar-refractivity contribution in [2.75, 3.05) is 13.2 Å². The zero-order valence-electron chi connectivity index (χ0n) is 19.4. The van der Waals surface area contributed by atoms with Crippen LogP contribution in [0.5, 0.6) is 5.75 Å². The maximum Gasteiger partial charge on any atom is 0.328 e. The molecule has 1 aliphatic heterocycles. The van der Waals surface area contributed by atoms with Gasteiger partial charge in [0.2, 0.25) is 17.7 Å². The first-order chi connectivity index (χ1) is 17.3. The van der Waals surface area contributed by atoms with Crippen molar-refractivity contribution in [2.45, 2.75) is 49.9 Å². The summed E-state index contributed by atoms with van der Waals surface area (Å²) in [7, 11) is 0. The second-order valence-corrected chi connectivity index (χ2v) is 8.50. The zero-order valence-corrected chi connectivity index (χ0v) is 19.4. The number of hydrogen-bond acceptors (Lipinski definition) is 8. The Kier molecular flexibility index (Phi) is 9.36. The summed E-state index contributed by atoms with van der Waals surface area (Å²) in [6.07, 6.45) is 4.34. The van der Waals surface area contributed by atoms with Gasteiger partial charge < -0.3 is 41.6 Å². The average molecular weight is 503 g/mol. The van der Waals surface area contributed by atoms with Crippen LogP contribution in [0.2, 0.25) is 0 Å². The van der Waals surface area contributed by atoms with Gasteiger partial charge in [-0.3, -0.25) is 14.4 Å². The molecule has 0 spiro atoms. The Morgan fingerprint density at radius 3 is 2.22 bits per heavy atom. The van der Waals surface area contributed by atoms with Gasteiger partial charge in [0.05, 0.1) is 19.0 Å². The van der Waals surface area contributed by atoms with Gasteiger partial charge >= 0.3 is 5.97 Å². The van der Waals surface area contributed by atoms with Crippen LogP contribution in [0.25, 0.3) is 0 Å². The molecule has 3 amide bonds. The largest absolute Gasteiger partial charge is 0.508 e. The number of nitrogens with one attached hydrogen (secondary N) is 5. The number of amides is 3. The van der Waals surface area contributed by atoms with Gasteiger partial charge in [0.1, 0.15) is 23.9 Å². The third kappa shape index (κ3) is 7.52. The maximum atomic E-state index is 13.3. The van der Waals surface area contributed by atoms with Crippen LogP contribution in [0.1, 0.15) is 24.1 Å². The van der Waals surface area contributed by atoms with Crippen LogP contribution >= 0.6 is 0 Å². The first-order valence-corrected chi connectivity index (χ1v) is 11.5. The molecule has 0 aliphatic carbocycles. The summed E-state index contributed by atoms with van der Waals surface area (Å²) in [6.45, 7) is -0.144. The van der Waals surface area contributed by atoms with E-state index in [-0.39, 0.29) is 24.5 Å². The molecule has 1 saturated heterocycles. The molecule has 4 unspecified atom stereocenters. The molecule has 1 aliphatic rings. The quantitative estimate of drug-likeness (QED) is 0.164. The number of phenols is 1. The van der Waals surface area contributed by atoms with Crippen LogP contribution in [-0.2, 0) is 32.0 Å². The number of carboxylic acids is 1. The van der Waals surface area contributed by atoms with Crippen molar-refractivity contribution in [2.24, 2.45) is 0 Å². The molecule has 36 heavy (non-hydrogen) atoms. The first kappa shape index (κ1) is 26.6. The number of imidazole rings is 1. The summed E-state index contributed by atoms with van der Waals surface area (Å²) in [4.78, 5) is 56.9. The van der Waals surface area contributed by atoms with Crippen molar-refractivity contribution in [3.8, 4) is 5.75 Å². The molecule has 0 bridgehead atoms. The summed E-state index contributed by atoms with van der Waals surface area (Å²) < 4.78 is 0. The summed E-state index contributed by atoms with van der Waals surface area (Å²) in [5, 5.41) is 38.6. The van der Waals surface area contributed by atoms with Gasteiger partial charge in [-0.25, -0.2) is 9.78 Å². The summed E-state index contributed by atoms with van der Waals surface area (Å²) >= 11 is 0. The molecule has 1 aromatic heterocycles. The van der Waals surface area contributed by atoms with Gasteiger partial charge in [-0.1, -0.05) is 12.1 Å². The molecule has 0 radical (unpaired) electrons. The predicted molar refractivity (Wildman–Crippen MR) is 126 cm³/mol. The molecular weight excluding hydrogens is 472 g/mol. The van der Waals surface area contributed by atoms with Crippen molar-refractivity contribution in [1.29, 1.82) is 0 Å². The van der Waals surface area contributed by atoms with Gasteiger partial charge in [0.25, 0.3) is 0 Å². The number of aromatic hydroxyl groups is 1. The highest BCUT2D eigenvalue weighted by atomic mass is 16.4. The number of aliphatic hydroxyl groups excluding tert-OH is 1. The fraction of sp³-hybridized carbons (Fsp3) is 0.435. The molecule has 1 fully saturated rings. The predicted octanol–water partition coefficient (Wildman–Crippen LogP) is -1.82. The van der Waals surface area contributed by atoms with Gasteiger partial charge in [0, 0.05) is 24.7 Å². The molecular formula is C23H30N6O7. The number of aliphatic carboxylic acids is 1. The number of carbonyl (C=O) groups excluding carboxylic acids is 3. The standard InChI is InChI=1S/C23H30N6O7/c30-11-19(23(35)36)29-22(34)18(9-14-10-24-12-26-14)28-21(33)17(8-13-3-5-15(31)6-4-13)27-20(32)16-2-1-7-25-16/h3-6,10,12,16-19,25,30-31H,1-2,7-9,11H2,(H,24,26)(H,27,32)(H,28,33)(H,29,34)(H,35,36). The number of carboxylic acid groups (broad SMARTS) is 1. The van der Waals surface area contributed by atoms with E-state index in [0.717, 1.165) is 6.42 Å². The zero-order chi connectivity index (χ0) is 26.1. The number of rotatable bonds is 12. The smallest absolute Gasteiger partial charge is 0.328 e. The SMILES string of the molecule is O=C(O)C(CO)NC(=O)C(Cc1cnc[nH]1)NC(=O)C(Cc1ccc(O)cc1)NC(=O)C1CCCN1. The first-order valence-electron chi connectivity index (χ1n) is 11.5. The number of hydrogen-bond donors (Lipinski definition) is 8. The van der Waals surface area contributed by atoms with Gasteiger partial charge in [0.15, 0.2) is 0 Å². The van der Waals surface area contributed by atoms with E-state index < -0.39 is 48.6 Å². The summed E-state index contributed by atoms with van der Waals surface area (Å²) in [5.74, 6) is -3.23. The Morgan fingerprint density at radius 2 is 1.67 bits per heavy atom. The highest BCUT2D eigenvalue weighted by molar-refractivity contribution is 5.94. The molecule has 194 valence electrons. The minimum atomic E-state index is -1.56. The Labute approximate surface area is 206 Å². The molecule has 2 heterocycles. The van der Waals surface area contributed by atoms with E-state index in [1.54, 1.807) is 12.1 Å². The van der Waals surface area contributed by atoms with Crippen LogP contribution in [0, 0.1) is 0 Å². The lowest BCUT2D eigenvalue weighted by molar-refractivity contribution is -0.143. The van der Waals surface area contributed by atoms with Crippen molar-refractivity contribution in [3.63, 3.8) is 0 Å². The van der Waals surface area contributed by atoms with E-state index in [1.807, 2.05) is 0 Å². The maximum absolute atomic E-state index is 13.3. The number of aliphatic hydroxyl groups is 1.